The lowest BCUT2D eigenvalue weighted by Gasteiger charge is -2.58. The van der Waals surface area contributed by atoms with Gasteiger partial charge in [0.15, 0.2) is 6.29 Å². The Bertz CT molecular complexity index is 1230. The number of carbonyl (C=O) groups is 2. The fourth-order valence-electron chi connectivity index (χ4n) is 10.6. The molecule has 4 fully saturated rings. The van der Waals surface area contributed by atoms with Crippen LogP contribution in [0.25, 0.3) is 0 Å². The monoisotopic (exact) mass is 668 g/mol. The quantitative estimate of drug-likeness (QED) is 0.119. The molecule has 0 amide bonds. The maximum Gasteiger partial charge on any atom is 0.303 e. The highest BCUT2D eigenvalue weighted by Gasteiger charge is 2.58. The minimum atomic E-state index is -0.608. The average molecular weight is 669 g/mol. The first-order valence-electron chi connectivity index (χ1n) is 18.9. The molecule has 8 nitrogen and oxygen atoms in total. The van der Waals surface area contributed by atoms with E-state index in [0.29, 0.717) is 17.4 Å². The SMILES string of the molecule is CC(=O)OC[C@H]1OC(O[C@H]2CC[C@@]3(C)C(=CC[C@H]4[C@@H]5CC[C@H](/C(C)=C/CCCCO[C@H]6CCOC6)[C@@]5(C)CC[C@@H]43)C2)C=C[C@@H]1OC(C)=O. The molecule has 268 valence electrons. The predicted molar refractivity (Wildman–Crippen MR) is 183 cm³/mol. The maximum absolute atomic E-state index is 11.6. The summed E-state index contributed by atoms with van der Waals surface area (Å²) in [6.07, 6.45) is 21.6. The van der Waals surface area contributed by atoms with Crippen LogP contribution in [-0.4, -0.2) is 69.1 Å². The number of rotatable bonds is 12. The molecule has 8 heteroatoms. The lowest BCUT2D eigenvalue weighted by molar-refractivity contribution is -0.213. The number of fused-ring (bicyclic) bond motifs is 5. The van der Waals surface area contributed by atoms with Crippen molar-refractivity contribution in [1.29, 1.82) is 0 Å². The van der Waals surface area contributed by atoms with Crippen LogP contribution in [0.1, 0.15) is 112 Å². The minimum Gasteiger partial charge on any atom is -0.463 e. The first kappa shape index (κ1) is 35.8. The van der Waals surface area contributed by atoms with Crippen molar-refractivity contribution in [3.8, 4) is 0 Å². The summed E-state index contributed by atoms with van der Waals surface area (Å²) in [5.74, 6) is 2.23. The molecule has 0 N–H and O–H groups in total. The zero-order valence-electron chi connectivity index (χ0n) is 30.1. The molecule has 0 aromatic heterocycles. The molecule has 0 bridgehead atoms. The van der Waals surface area contributed by atoms with Gasteiger partial charge in [0.1, 0.15) is 18.8 Å². The van der Waals surface area contributed by atoms with Crippen molar-refractivity contribution in [3.63, 3.8) is 0 Å². The fourth-order valence-corrected chi connectivity index (χ4v) is 10.6. The van der Waals surface area contributed by atoms with E-state index in [0.717, 1.165) is 76.1 Å². The standard InChI is InChI=1S/C40H60O8/c1-26(9-7-6-8-21-44-31-18-22-43-24-31)33-12-13-34-32-11-10-29-23-30(16-19-39(29,4)35(32)17-20-40(33,34)5)47-38-15-14-36(46-28(3)42)37(48-38)25-45-27(2)41/h9-10,14-15,30-38H,6-8,11-13,16-25H2,1-5H3/b26-9+/t30-,31-,32-,33+,34-,35-,36-,37+,38?,39-,40+/m0/s1. The highest BCUT2D eigenvalue weighted by atomic mass is 16.7. The summed E-state index contributed by atoms with van der Waals surface area (Å²) in [7, 11) is 0. The molecule has 0 spiro atoms. The summed E-state index contributed by atoms with van der Waals surface area (Å²) in [6.45, 7) is 12.8. The maximum atomic E-state index is 11.6. The van der Waals surface area contributed by atoms with E-state index in [4.69, 9.17) is 28.4 Å². The average Bonchev–Trinajstić information content (AvgIpc) is 3.70. The molecule has 1 unspecified atom stereocenters. The minimum absolute atomic E-state index is 0.0109. The van der Waals surface area contributed by atoms with Crippen LogP contribution in [0.2, 0.25) is 0 Å². The van der Waals surface area contributed by atoms with Crippen molar-refractivity contribution in [2.24, 2.45) is 34.5 Å². The number of esters is 2. The van der Waals surface area contributed by atoms with Crippen LogP contribution in [0.3, 0.4) is 0 Å². The Morgan fingerprint density at radius 3 is 2.58 bits per heavy atom. The van der Waals surface area contributed by atoms with Crippen LogP contribution in [0.5, 0.6) is 0 Å². The Hall–Kier alpha value is -2.00. The van der Waals surface area contributed by atoms with Gasteiger partial charge in [-0.05, 0) is 131 Å². The highest BCUT2D eigenvalue weighted by molar-refractivity contribution is 5.66. The van der Waals surface area contributed by atoms with E-state index in [1.807, 2.05) is 6.08 Å². The third kappa shape index (κ3) is 7.82. The summed E-state index contributed by atoms with van der Waals surface area (Å²) >= 11 is 0. The normalized spacial score (nSPS) is 40.8. The van der Waals surface area contributed by atoms with Crippen LogP contribution in [0.4, 0.5) is 0 Å². The van der Waals surface area contributed by atoms with E-state index in [-0.39, 0.29) is 18.1 Å². The Kier molecular flexibility index (Phi) is 11.6. The predicted octanol–water partition coefficient (Wildman–Crippen LogP) is 7.65. The van der Waals surface area contributed by atoms with E-state index in [9.17, 15) is 9.59 Å². The summed E-state index contributed by atoms with van der Waals surface area (Å²) in [4.78, 5) is 23.1. The van der Waals surface area contributed by atoms with Gasteiger partial charge < -0.3 is 28.4 Å². The lowest BCUT2D eigenvalue weighted by Crippen LogP contribution is -2.51. The van der Waals surface area contributed by atoms with Gasteiger partial charge in [0.05, 0.1) is 18.8 Å². The number of carbonyl (C=O) groups excluding carboxylic acids is 2. The fraction of sp³-hybridized carbons (Fsp3) is 0.800. The zero-order chi connectivity index (χ0) is 33.9. The molecular formula is C40H60O8. The van der Waals surface area contributed by atoms with Crippen LogP contribution in [-0.2, 0) is 38.0 Å². The largest absolute Gasteiger partial charge is 0.463 e. The number of hydrogen-bond acceptors (Lipinski definition) is 8. The molecule has 2 heterocycles. The summed E-state index contributed by atoms with van der Waals surface area (Å²) in [5.41, 5.74) is 3.86. The van der Waals surface area contributed by atoms with Crippen LogP contribution in [0.15, 0.2) is 35.5 Å². The van der Waals surface area contributed by atoms with Crippen molar-refractivity contribution in [2.75, 3.05) is 26.4 Å². The number of unbranched alkanes of at least 4 members (excludes halogenated alkanes) is 2. The molecule has 1 saturated heterocycles. The highest BCUT2D eigenvalue weighted by Crippen LogP contribution is 2.67. The van der Waals surface area contributed by atoms with Gasteiger partial charge in [-0.25, -0.2) is 0 Å². The van der Waals surface area contributed by atoms with E-state index >= 15 is 0 Å². The number of hydrogen-bond donors (Lipinski definition) is 0. The molecule has 0 radical (unpaired) electrons. The van der Waals surface area contributed by atoms with Gasteiger partial charge in [-0.1, -0.05) is 37.1 Å². The Morgan fingerprint density at radius 2 is 1.81 bits per heavy atom. The van der Waals surface area contributed by atoms with E-state index in [1.165, 1.54) is 52.4 Å². The molecular weight excluding hydrogens is 608 g/mol. The second-order valence-electron chi connectivity index (χ2n) is 16.0. The van der Waals surface area contributed by atoms with Gasteiger partial charge >= 0.3 is 11.9 Å². The van der Waals surface area contributed by atoms with Gasteiger partial charge in [-0.15, -0.1) is 0 Å². The van der Waals surface area contributed by atoms with Gasteiger partial charge in [0, 0.05) is 27.1 Å². The van der Waals surface area contributed by atoms with Crippen molar-refractivity contribution in [3.05, 3.63) is 35.5 Å². The zero-order valence-corrected chi connectivity index (χ0v) is 30.1. The molecule has 3 saturated carbocycles. The van der Waals surface area contributed by atoms with Crippen molar-refractivity contribution < 1.29 is 38.0 Å². The third-order valence-corrected chi connectivity index (χ3v) is 13.1. The lowest BCUT2D eigenvalue weighted by atomic mass is 9.47. The van der Waals surface area contributed by atoms with Crippen LogP contribution < -0.4 is 0 Å². The molecule has 4 aliphatic carbocycles. The smallest absolute Gasteiger partial charge is 0.303 e. The molecule has 0 aromatic rings. The molecule has 0 aromatic carbocycles. The van der Waals surface area contributed by atoms with Gasteiger partial charge in [-0.2, -0.15) is 0 Å². The summed E-state index contributed by atoms with van der Waals surface area (Å²) < 4.78 is 34.7. The van der Waals surface area contributed by atoms with E-state index < -0.39 is 30.4 Å². The Labute approximate surface area is 288 Å². The van der Waals surface area contributed by atoms with Crippen molar-refractivity contribution >= 4 is 11.9 Å². The molecule has 6 aliphatic rings. The van der Waals surface area contributed by atoms with Gasteiger partial charge in [0.2, 0.25) is 0 Å². The molecule has 2 aliphatic heterocycles. The van der Waals surface area contributed by atoms with Crippen LogP contribution >= 0.6 is 0 Å². The summed E-state index contributed by atoms with van der Waals surface area (Å²) in [6, 6.07) is 0. The van der Waals surface area contributed by atoms with Gasteiger partial charge in [0.25, 0.3) is 0 Å². The molecule has 48 heavy (non-hydrogen) atoms. The Balaban J connectivity index is 1.03. The van der Waals surface area contributed by atoms with E-state index in [1.54, 1.807) is 17.2 Å². The molecule has 6 rings (SSSR count). The topological polar surface area (TPSA) is 89.5 Å². The molecule has 11 atom stereocenters. The van der Waals surface area contributed by atoms with Crippen LogP contribution in [0, 0.1) is 34.5 Å². The number of ether oxygens (including phenoxy) is 6. The second kappa shape index (κ2) is 15.5. The van der Waals surface area contributed by atoms with Gasteiger partial charge in [-0.3, -0.25) is 9.59 Å². The first-order chi connectivity index (χ1) is 23.1. The summed E-state index contributed by atoms with van der Waals surface area (Å²) in [5, 5.41) is 0. The van der Waals surface area contributed by atoms with Crippen molar-refractivity contribution in [1.82, 2.24) is 0 Å². The first-order valence-corrected chi connectivity index (χ1v) is 18.9. The Morgan fingerprint density at radius 1 is 0.958 bits per heavy atom. The second-order valence-corrected chi connectivity index (χ2v) is 16.0. The number of allylic oxidation sites excluding steroid dienone is 3. The third-order valence-electron chi connectivity index (χ3n) is 13.1. The van der Waals surface area contributed by atoms with Crippen molar-refractivity contribution in [2.45, 2.75) is 142 Å². The van der Waals surface area contributed by atoms with E-state index in [2.05, 4.69) is 32.9 Å².